The Kier molecular flexibility index (Phi) is 7.90. The highest BCUT2D eigenvalue weighted by Gasteiger charge is 2.81. The van der Waals surface area contributed by atoms with Crippen molar-refractivity contribution in [3.05, 3.63) is 42.0 Å². The molecular weight excluding hydrogens is 478 g/mol. The van der Waals surface area contributed by atoms with E-state index in [0.717, 1.165) is 5.56 Å². The molecule has 1 aromatic rings. The fraction of sp³-hybridized carbons (Fsp3) is 0.636. The van der Waals surface area contributed by atoms with Crippen molar-refractivity contribution in [3.63, 3.8) is 0 Å². The van der Waals surface area contributed by atoms with Crippen molar-refractivity contribution >= 4 is 13.2 Å². The van der Waals surface area contributed by atoms with Crippen molar-refractivity contribution in [1.29, 1.82) is 0 Å². The van der Waals surface area contributed by atoms with E-state index < -0.39 is 54.5 Å². The largest absolute Gasteiger partial charge is 0.461 e. The molecule has 2 rings (SSSR count). The SMILES string of the molecule is CC1(C)OB(C(CC/C=C/c2ccccc2)CC(F)(F)C(F)(F)C(F)(F)C(F)(F)F)OC1(C)C. The number of allylic oxidation sites excluding steroid dienone is 1. The van der Waals surface area contributed by atoms with Crippen LogP contribution in [0.3, 0.4) is 0 Å². The number of hydrogen-bond acceptors (Lipinski definition) is 2. The molecule has 0 amide bonds. The first-order chi connectivity index (χ1) is 15.3. The van der Waals surface area contributed by atoms with Crippen molar-refractivity contribution in [2.45, 2.75) is 87.9 Å². The van der Waals surface area contributed by atoms with Gasteiger partial charge in [-0.1, -0.05) is 42.5 Å². The molecule has 1 aromatic carbocycles. The summed E-state index contributed by atoms with van der Waals surface area (Å²) in [4.78, 5) is 0. The number of hydrogen-bond donors (Lipinski definition) is 0. The topological polar surface area (TPSA) is 18.5 Å². The summed E-state index contributed by atoms with van der Waals surface area (Å²) in [5.74, 6) is -20.9. The number of benzene rings is 1. The van der Waals surface area contributed by atoms with Gasteiger partial charge in [-0.15, -0.1) is 0 Å². The van der Waals surface area contributed by atoms with E-state index in [-0.39, 0.29) is 12.8 Å². The van der Waals surface area contributed by atoms with Crippen LogP contribution in [0.4, 0.5) is 39.5 Å². The summed E-state index contributed by atoms with van der Waals surface area (Å²) >= 11 is 0. The summed E-state index contributed by atoms with van der Waals surface area (Å²) in [6.45, 7) is 6.24. The lowest BCUT2D eigenvalue weighted by atomic mass is 9.65. The third-order valence-electron chi connectivity index (χ3n) is 6.20. The van der Waals surface area contributed by atoms with Crippen LogP contribution in [0, 0.1) is 0 Å². The molecule has 1 saturated heterocycles. The van der Waals surface area contributed by atoms with Gasteiger partial charge in [-0.3, -0.25) is 0 Å². The van der Waals surface area contributed by atoms with Gasteiger partial charge >= 0.3 is 31.1 Å². The molecule has 34 heavy (non-hydrogen) atoms. The lowest BCUT2D eigenvalue weighted by molar-refractivity contribution is -0.396. The van der Waals surface area contributed by atoms with Crippen molar-refractivity contribution in [1.82, 2.24) is 0 Å². The molecular formula is C22H26BF9O2. The van der Waals surface area contributed by atoms with E-state index in [1.807, 2.05) is 0 Å². The average molecular weight is 504 g/mol. The van der Waals surface area contributed by atoms with Gasteiger partial charge in [-0.05, 0) is 46.1 Å². The molecule has 0 saturated carbocycles. The first-order valence-corrected chi connectivity index (χ1v) is 10.5. The lowest BCUT2D eigenvalue weighted by Gasteiger charge is -2.35. The summed E-state index contributed by atoms with van der Waals surface area (Å²) in [6.07, 6.45) is -5.94. The monoisotopic (exact) mass is 504 g/mol. The van der Waals surface area contributed by atoms with Crippen molar-refractivity contribution < 1.29 is 48.8 Å². The van der Waals surface area contributed by atoms with Gasteiger partial charge in [0.05, 0.1) is 11.2 Å². The van der Waals surface area contributed by atoms with Gasteiger partial charge in [0.2, 0.25) is 0 Å². The predicted octanol–water partition coefficient (Wildman–Crippen LogP) is 7.80. The summed E-state index contributed by atoms with van der Waals surface area (Å²) in [5, 5.41) is 0. The molecule has 0 spiro atoms. The number of alkyl halides is 9. The van der Waals surface area contributed by atoms with E-state index in [1.54, 1.807) is 70.2 Å². The minimum atomic E-state index is -6.93. The summed E-state index contributed by atoms with van der Waals surface area (Å²) in [6, 6.07) is 8.75. The Morgan fingerprint density at radius 3 is 1.79 bits per heavy atom. The van der Waals surface area contributed by atoms with E-state index in [4.69, 9.17) is 9.31 Å². The summed E-state index contributed by atoms with van der Waals surface area (Å²) in [7, 11) is -1.52. The number of halogens is 9. The van der Waals surface area contributed by atoms with E-state index in [2.05, 4.69) is 0 Å². The van der Waals surface area contributed by atoms with Crippen LogP contribution in [0.25, 0.3) is 6.08 Å². The molecule has 1 heterocycles. The summed E-state index contributed by atoms with van der Waals surface area (Å²) < 4.78 is 132. The highest BCUT2D eigenvalue weighted by Crippen LogP contribution is 2.56. The maximum atomic E-state index is 14.4. The van der Waals surface area contributed by atoms with Crippen LogP contribution < -0.4 is 0 Å². The molecule has 0 aliphatic carbocycles. The quantitative estimate of drug-likeness (QED) is 0.253. The first kappa shape index (κ1) is 28.6. The summed E-state index contributed by atoms with van der Waals surface area (Å²) in [5.41, 5.74) is -1.37. The Morgan fingerprint density at radius 2 is 1.32 bits per heavy atom. The van der Waals surface area contributed by atoms with Crippen LogP contribution in [0.2, 0.25) is 5.82 Å². The second kappa shape index (κ2) is 9.41. The van der Waals surface area contributed by atoms with E-state index in [0.29, 0.717) is 0 Å². The third-order valence-corrected chi connectivity index (χ3v) is 6.20. The Morgan fingerprint density at radius 1 is 0.824 bits per heavy atom. The van der Waals surface area contributed by atoms with E-state index in [1.165, 1.54) is 0 Å². The minimum absolute atomic E-state index is 0.0287. The van der Waals surface area contributed by atoms with E-state index in [9.17, 15) is 39.5 Å². The van der Waals surface area contributed by atoms with Crippen LogP contribution in [0.5, 0.6) is 0 Å². The van der Waals surface area contributed by atoms with Crippen LogP contribution in [0.1, 0.15) is 52.5 Å². The molecule has 1 atom stereocenters. The normalized spacial score (nSPS) is 20.2. The molecule has 0 aromatic heterocycles. The fourth-order valence-corrected chi connectivity index (χ4v) is 3.37. The second-order valence-corrected chi connectivity index (χ2v) is 9.33. The van der Waals surface area contributed by atoms with Crippen molar-refractivity contribution in [3.8, 4) is 0 Å². The third kappa shape index (κ3) is 5.58. The van der Waals surface area contributed by atoms with Gasteiger partial charge in [0, 0.05) is 12.2 Å². The first-order valence-electron chi connectivity index (χ1n) is 10.5. The van der Waals surface area contributed by atoms with Gasteiger partial charge in [-0.25, -0.2) is 0 Å². The zero-order valence-corrected chi connectivity index (χ0v) is 19.0. The smallest absolute Gasteiger partial charge is 0.403 e. The van der Waals surface area contributed by atoms with Crippen LogP contribution in [-0.2, 0) is 9.31 Å². The molecule has 1 aliphatic heterocycles. The Balaban J connectivity index is 2.29. The molecule has 0 N–H and O–H groups in total. The molecule has 2 nitrogen and oxygen atoms in total. The molecule has 1 aliphatic rings. The molecule has 0 radical (unpaired) electrons. The Labute approximate surface area is 192 Å². The van der Waals surface area contributed by atoms with Crippen LogP contribution in [-0.4, -0.2) is 42.3 Å². The molecule has 192 valence electrons. The van der Waals surface area contributed by atoms with Crippen molar-refractivity contribution in [2.24, 2.45) is 0 Å². The standard InChI is InChI=1S/C22H26BF9O2/c1-17(2)18(3,4)34-23(33-17)16(13-9-8-12-15-10-6-5-7-11-15)14-19(24,25)20(26,27)21(28,29)22(30,31)32/h5-8,10-12,16H,9,13-14H2,1-4H3/b12-8+. The maximum absolute atomic E-state index is 14.4. The molecule has 1 unspecified atom stereocenters. The highest BCUT2D eigenvalue weighted by atomic mass is 19.4. The minimum Gasteiger partial charge on any atom is -0.403 e. The predicted molar refractivity (Wildman–Crippen MR) is 110 cm³/mol. The average Bonchev–Trinajstić information content (AvgIpc) is 2.91. The fourth-order valence-electron chi connectivity index (χ4n) is 3.37. The molecule has 12 heteroatoms. The van der Waals surface area contributed by atoms with Crippen LogP contribution in [0.15, 0.2) is 36.4 Å². The van der Waals surface area contributed by atoms with Gasteiger partial charge < -0.3 is 9.31 Å². The maximum Gasteiger partial charge on any atom is 0.461 e. The number of rotatable bonds is 9. The van der Waals surface area contributed by atoms with Gasteiger partial charge in [0.25, 0.3) is 0 Å². The van der Waals surface area contributed by atoms with Crippen LogP contribution >= 0.6 is 0 Å². The van der Waals surface area contributed by atoms with Gasteiger partial charge in [0.15, 0.2) is 0 Å². The second-order valence-electron chi connectivity index (χ2n) is 9.33. The lowest BCUT2D eigenvalue weighted by Crippen LogP contribution is -2.61. The molecule has 0 bridgehead atoms. The Bertz CT molecular complexity index is 836. The highest BCUT2D eigenvalue weighted by molar-refractivity contribution is 6.47. The van der Waals surface area contributed by atoms with Gasteiger partial charge in [-0.2, -0.15) is 39.5 Å². The Hall–Kier alpha value is -1.69. The molecule has 1 fully saturated rings. The van der Waals surface area contributed by atoms with Gasteiger partial charge in [0.1, 0.15) is 0 Å². The zero-order chi connectivity index (χ0) is 26.2. The van der Waals surface area contributed by atoms with E-state index >= 15 is 0 Å². The van der Waals surface area contributed by atoms with Crippen molar-refractivity contribution in [2.75, 3.05) is 0 Å². The zero-order valence-electron chi connectivity index (χ0n) is 19.0.